The van der Waals surface area contributed by atoms with Gasteiger partial charge in [0.15, 0.2) is 0 Å². The molecule has 0 saturated heterocycles. The molecule has 0 radical (unpaired) electrons. The Hall–Kier alpha value is -3.41. The van der Waals surface area contributed by atoms with Crippen LogP contribution < -0.4 is 5.32 Å². The molecular weight excluding hydrogens is 352 g/mol. The van der Waals surface area contributed by atoms with Crippen molar-refractivity contribution in [2.75, 3.05) is 0 Å². The normalized spacial score (nSPS) is 12.2. The summed E-state index contributed by atoms with van der Waals surface area (Å²) in [6, 6.07) is 18.0. The molecular formula is C22H22N4O2. The highest BCUT2D eigenvalue weighted by Gasteiger charge is 2.23. The van der Waals surface area contributed by atoms with Crippen LogP contribution in [0.5, 0.6) is 0 Å². The second-order valence-electron chi connectivity index (χ2n) is 6.98. The maximum atomic E-state index is 12.6. The van der Waals surface area contributed by atoms with Crippen molar-refractivity contribution in [1.82, 2.24) is 20.5 Å². The average Bonchev–Trinajstić information content (AvgIpc) is 3.29. The van der Waals surface area contributed by atoms with Crippen LogP contribution in [-0.4, -0.2) is 21.1 Å². The summed E-state index contributed by atoms with van der Waals surface area (Å²) in [5.41, 5.74) is 4.26. The number of rotatable bonds is 6. The predicted molar refractivity (Wildman–Crippen MR) is 107 cm³/mol. The fraction of sp³-hybridized carbons (Fsp3) is 0.227. The van der Waals surface area contributed by atoms with E-state index in [1.54, 1.807) is 6.92 Å². The third-order valence-corrected chi connectivity index (χ3v) is 4.74. The van der Waals surface area contributed by atoms with E-state index in [-0.39, 0.29) is 18.2 Å². The number of amides is 1. The Balaban J connectivity index is 1.46. The topological polar surface area (TPSA) is 83.8 Å². The molecule has 4 aromatic rings. The van der Waals surface area contributed by atoms with Gasteiger partial charge in [-0.15, -0.1) is 10.2 Å². The Labute approximate surface area is 163 Å². The monoisotopic (exact) mass is 374 g/mol. The highest BCUT2D eigenvalue weighted by atomic mass is 16.4. The zero-order valence-corrected chi connectivity index (χ0v) is 15.9. The van der Waals surface area contributed by atoms with Crippen LogP contribution >= 0.6 is 0 Å². The summed E-state index contributed by atoms with van der Waals surface area (Å²) in [5.74, 6) is 0.627. The third-order valence-electron chi connectivity index (χ3n) is 4.74. The van der Waals surface area contributed by atoms with Gasteiger partial charge in [-0.05, 0) is 41.6 Å². The SMILES string of the molecule is Cc1cc2cc(CNC(=O)CC(c3ccccc3)c3nnc(C)o3)ccc2[nH]1. The van der Waals surface area contributed by atoms with Crippen LogP contribution in [0.3, 0.4) is 0 Å². The number of benzene rings is 2. The minimum Gasteiger partial charge on any atom is -0.425 e. The van der Waals surface area contributed by atoms with E-state index in [4.69, 9.17) is 4.42 Å². The Bertz CT molecular complexity index is 1100. The maximum Gasteiger partial charge on any atom is 0.224 e. The van der Waals surface area contributed by atoms with Crippen LogP contribution in [0.4, 0.5) is 0 Å². The molecule has 0 fully saturated rings. The number of nitrogens with one attached hydrogen (secondary N) is 2. The van der Waals surface area contributed by atoms with Gasteiger partial charge >= 0.3 is 0 Å². The average molecular weight is 374 g/mol. The van der Waals surface area contributed by atoms with Crippen molar-refractivity contribution in [1.29, 1.82) is 0 Å². The van der Waals surface area contributed by atoms with Gasteiger partial charge in [-0.3, -0.25) is 4.79 Å². The minimum absolute atomic E-state index is 0.0601. The summed E-state index contributed by atoms with van der Waals surface area (Å²) in [7, 11) is 0. The first kappa shape index (κ1) is 18.0. The van der Waals surface area contributed by atoms with Crippen LogP contribution in [0.15, 0.2) is 59.0 Å². The molecule has 2 aromatic heterocycles. The van der Waals surface area contributed by atoms with E-state index in [1.807, 2.05) is 49.4 Å². The molecule has 2 N–H and O–H groups in total. The summed E-state index contributed by atoms with van der Waals surface area (Å²) in [6.07, 6.45) is 0.247. The van der Waals surface area contributed by atoms with Crippen LogP contribution in [0, 0.1) is 13.8 Å². The molecule has 28 heavy (non-hydrogen) atoms. The first-order chi connectivity index (χ1) is 13.6. The molecule has 0 aliphatic rings. The van der Waals surface area contributed by atoms with Gasteiger partial charge in [0.2, 0.25) is 17.7 Å². The van der Waals surface area contributed by atoms with Gasteiger partial charge in [0.05, 0.1) is 5.92 Å². The fourth-order valence-corrected chi connectivity index (χ4v) is 3.38. The molecule has 1 amide bonds. The Morgan fingerprint density at radius 1 is 1.11 bits per heavy atom. The van der Waals surface area contributed by atoms with E-state index in [0.717, 1.165) is 27.7 Å². The van der Waals surface area contributed by atoms with Crippen molar-refractivity contribution in [3.63, 3.8) is 0 Å². The number of H-pyrrole nitrogens is 1. The number of carbonyl (C=O) groups excluding carboxylic acids is 1. The van der Waals surface area contributed by atoms with E-state index in [9.17, 15) is 4.79 Å². The number of carbonyl (C=O) groups is 1. The molecule has 0 spiro atoms. The number of fused-ring (bicyclic) bond motifs is 1. The number of aromatic amines is 1. The number of hydrogen-bond donors (Lipinski definition) is 2. The van der Waals surface area contributed by atoms with Gasteiger partial charge < -0.3 is 14.7 Å². The molecule has 4 rings (SSSR count). The van der Waals surface area contributed by atoms with E-state index >= 15 is 0 Å². The van der Waals surface area contributed by atoms with Crippen molar-refractivity contribution in [2.24, 2.45) is 0 Å². The highest BCUT2D eigenvalue weighted by molar-refractivity contribution is 5.81. The summed E-state index contributed by atoms with van der Waals surface area (Å²) in [6.45, 7) is 4.26. The van der Waals surface area contributed by atoms with Crippen molar-refractivity contribution in [3.8, 4) is 0 Å². The molecule has 0 bridgehead atoms. The number of hydrogen-bond acceptors (Lipinski definition) is 4. The molecule has 2 heterocycles. The largest absolute Gasteiger partial charge is 0.425 e. The summed E-state index contributed by atoms with van der Waals surface area (Å²) < 4.78 is 5.61. The molecule has 0 saturated carbocycles. The van der Waals surface area contributed by atoms with Gasteiger partial charge in [-0.1, -0.05) is 36.4 Å². The van der Waals surface area contributed by atoms with Gasteiger partial charge in [0, 0.05) is 31.1 Å². The van der Waals surface area contributed by atoms with Gasteiger partial charge in [-0.2, -0.15) is 0 Å². The highest BCUT2D eigenvalue weighted by Crippen LogP contribution is 2.27. The third kappa shape index (κ3) is 3.96. The summed E-state index contributed by atoms with van der Waals surface area (Å²) >= 11 is 0. The lowest BCUT2D eigenvalue weighted by molar-refractivity contribution is -0.121. The Morgan fingerprint density at radius 2 is 1.93 bits per heavy atom. The quantitative estimate of drug-likeness (QED) is 0.534. The van der Waals surface area contributed by atoms with E-state index in [2.05, 4.69) is 32.6 Å². The number of nitrogens with zero attached hydrogens (tertiary/aromatic N) is 2. The van der Waals surface area contributed by atoms with Gasteiger partial charge in [-0.25, -0.2) is 0 Å². The first-order valence-corrected chi connectivity index (χ1v) is 9.28. The van der Waals surface area contributed by atoms with Crippen LogP contribution in [0.1, 0.15) is 40.9 Å². The molecule has 1 atom stereocenters. The molecule has 0 aliphatic heterocycles. The summed E-state index contributed by atoms with van der Waals surface area (Å²) in [5, 5.41) is 12.2. The summed E-state index contributed by atoms with van der Waals surface area (Å²) in [4.78, 5) is 15.9. The zero-order chi connectivity index (χ0) is 19.5. The second-order valence-corrected chi connectivity index (χ2v) is 6.98. The van der Waals surface area contributed by atoms with Crippen molar-refractivity contribution >= 4 is 16.8 Å². The molecule has 0 aliphatic carbocycles. The number of aromatic nitrogens is 3. The van der Waals surface area contributed by atoms with E-state index in [1.165, 1.54) is 0 Å². The van der Waals surface area contributed by atoms with Crippen LogP contribution in [0.25, 0.3) is 10.9 Å². The smallest absolute Gasteiger partial charge is 0.224 e. The fourth-order valence-electron chi connectivity index (χ4n) is 3.38. The maximum absolute atomic E-state index is 12.6. The zero-order valence-electron chi connectivity index (χ0n) is 15.9. The van der Waals surface area contributed by atoms with Gasteiger partial charge in [0.1, 0.15) is 0 Å². The molecule has 6 heteroatoms. The lowest BCUT2D eigenvalue weighted by Gasteiger charge is -2.13. The molecule has 6 nitrogen and oxygen atoms in total. The molecule has 2 aromatic carbocycles. The standard InChI is InChI=1S/C22H22N4O2/c1-14-10-18-11-16(8-9-20(18)24-14)13-23-21(27)12-19(17-6-4-3-5-7-17)22-26-25-15(2)28-22/h3-11,19,24H,12-13H2,1-2H3,(H,23,27). The van der Waals surface area contributed by atoms with Gasteiger partial charge in [0.25, 0.3) is 0 Å². The lowest BCUT2D eigenvalue weighted by atomic mass is 9.95. The lowest BCUT2D eigenvalue weighted by Crippen LogP contribution is -2.25. The van der Waals surface area contributed by atoms with Crippen LogP contribution in [0.2, 0.25) is 0 Å². The first-order valence-electron chi connectivity index (χ1n) is 9.28. The van der Waals surface area contributed by atoms with E-state index in [0.29, 0.717) is 18.3 Å². The Morgan fingerprint density at radius 3 is 2.68 bits per heavy atom. The van der Waals surface area contributed by atoms with Crippen molar-refractivity contribution < 1.29 is 9.21 Å². The van der Waals surface area contributed by atoms with Crippen LogP contribution in [-0.2, 0) is 11.3 Å². The van der Waals surface area contributed by atoms with Crippen molar-refractivity contribution in [2.45, 2.75) is 32.7 Å². The van der Waals surface area contributed by atoms with Crippen molar-refractivity contribution in [3.05, 3.63) is 83.2 Å². The molecule has 142 valence electrons. The van der Waals surface area contributed by atoms with E-state index < -0.39 is 0 Å². The Kier molecular flexibility index (Phi) is 4.93. The minimum atomic E-state index is -0.266. The second kappa shape index (κ2) is 7.68. The molecule has 1 unspecified atom stereocenters. The number of aryl methyl sites for hydroxylation is 2. The predicted octanol–water partition coefficient (Wildman–Crippen LogP) is 4.01.